The van der Waals surface area contributed by atoms with Gasteiger partial charge in [-0.1, -0.05) is 35.4 Å². The Labute approximate surface area is 128 Å². The van der Waals surface area contributed by atoms with Gasteiger partial charge in [0.05, 0.1) is 0 Å². The predicted molar refractivity (Wildman–Crippen MR) is 89.3 cm³/mol. The molecule has 0 aliphatic carbocycles. The normalized spacial score (nSPS) is 10.8. The van der Waals surface area contributed by atoms with E-state index in [4.69, 9.17) is 0 Å². The number of Topliss-reactive ketones (excluding diaryl/α,β-unsaturated/α-hetero) is 1. The molecule has 0 aromatic heterocycles. The van der Waals surface area contributed by atoms with Crippen molar-refractivity contribution in [3.8, 4) is 0 Å². The third kappa shape index (κ3) is 3.24. The van der Waals surface area contributed by atoms with Crippen LogP contribution in [-0.2, 0) is 6.42 Å². The third-order valence-electron chi connectivity index (χ3n) is 4.13. The van der Waals surface area contributed by atoms with Gasteiger partial charge in [-0.05, 0) is 69.4 Å². The van der Waals surface area contributed by atoms with E-state index in [9.17, 15) is 4.79 Å². The molecule has 0 aliphatic rings. The lowest BCUT2D eigenvalue weighted by Crippen LogP contribution is -2.10. The molecule has 0 aliphatic heterocycles. The van der Waals surface area contributed by atoms with Crippen molar-refractivity contribution in [3.63, 3.8) is 0 Å². The monoisotopic (exact) mass is 280 g/mol. The molecule has 0 saturated heterocycles. The van der Waals surface area contributed by atoms with Crippen molar-refractivity contribution < 1.29 is 4.79 Å². The maximum atomic E-state index is 12.8. The first-order chi connectivity index (χ1) is 9.79. The molecule has 0 atom stereocenters. The molecule has 2 aromatic rings. The average Bonchev–Trinajstić information content (AvgIpc) is 2.32. The molecule has 0 spiro atoms. The van der Waals surface area contributed by atoms with Crippen LogP contribution in [0.4, 0.5) is 0 Å². The van der Waals surface area contributed by atoms with Gasteiger partial charge in [0, 0.05) is 12.0 Å². The molecule has 0 radical (unpaired) electrons. The van der Waals surface area contributed by atoms with Gasteiger partial charge >= 0.3 is 0 Å². The zero-order valence-electron chi connectivity index (χ0n) is 13.9. The van der Waals surface area contributed by atoms with E-state index in [2.05, 4.69) is 52.0 Å². The molecule has 0 N–H and O–H groups in total. The Morgan fingerprint density at radius 1 is 0.714 bits per heavy atom. The van der Waals surface area contributed by atoms with Crippen LogP contribution in [0.2, 0.25) is 0 Å². The second kappa shape index (κ2) is 5.85. The number of aryl methyl sites for hydroxylation is 6. The molecule has 1 heteroatoms. The lowest BCUT2D eigenvalue weighted by Gasteiger charge is -2.14. The van der Waals surface area contributed by atoms with Crippen molar-refractivity contribution >= 4 is 5.78 Å². The molecule has 0 unspecified atom stereocenters. The Bertz CT molecular complexity index is 662. The van der Waals surface area contributed by atoms with Crippen LogP contribution < -0.4 is 0 Å². The third-order valence-corrected chi connectivity index (χ3v) is 4.13. The van der Waals surface area contributed by atoms with Crippen LogP contribution >= 0.6 is 0 Å². The van der Waals surface area contributed by atoms with Crippen molar-refractivity contribution in [2.45, 2.75) is 48.0 Å². The van der Waals surface area contributed by atoms with E-state index in [0.717, 1.165) is 16.7 Å². The van der Waals surface area contributed by atoms with Crippen LogP contribution in [0.5, 0.6) is 0 Å². The standard InChI is InChI=1S/C20H24O/c1-12-7-14(3)18(15(4)8-12)11-19(21)20-16(5)9-13(2)10-17(20)6/h7-10H,11H2,1-6H3. The smallest absolute Gasteiger partial charge is 0.167 e. The number of rotatable bonds is 3. The van der Waals surface area contributed by atoms with Crippen LogP contribution in [0.3, 0.4) is 0 Å². The first kappa shape index (κ1) is 15.5. The molecule has 0 saturated carbocycles. The van der Waals surface area contributed by atoms with Gasteiger partial charge in [-0.15, -0.1) is 0 Å². The summed E-state index contributed by atoms with van der Waals surface area (Å²) in [7, 11) is 0. The first-order valence-corrected chi connectivity index (χ1v) is 7.47. The fraction of sp³-hybridized carbons (Fsp3) is 0.350. The fourth-order valence-corrected chi connectivity index (χ4v) is 3.36. The van der Waals surface area contributed by atoms with Crippen LogP contribution in [0, 0.1) is 41.5 Å². The molecular formula is C20H24O. The van der Waals surface area contributed by atoms with Crippen LogP contribution in [0.25, 0.3) is 0 Å². The Morgan fingerprint density at radius 3 is 1.52 bits per heavy atom. The van der Waals surface area contributed by atoms with Crippen LogP contribution in [0.1, 0.15) is 49.3 Å². The number of ketones is 1. The van der Waals surface area contributed by atoms with E-state index in [-0.39, 0.29) is 5.78 Å². The summed E-state index contributed by atoms with van der Waals surface area (Å²) in [6, 6.07) is 8.50. The second-order valence-electron chi connectivity index (χ2n) is 6.25. The second-order valence-corrected chi connectivity index (χ2v) is 6.25. The summed E-state index contributed by atoms with van der Waals surface area (Å²) >= 11 is 0. The minimum absolute atomic E-state index is 0.222. The summed E-state index contributed by atoms with van der Waals surface area (Å²) in [5.41, 5.74) is 9.12. The summed E-state index contributed by atoms with van der Waals surface area (Å²) in [5, 5.41) is 0. The first-order valence-electron chi connectivity index (χ1n) is 7.47. The van der Waals surface area contributed by atoms with Gasteiger partial charge in [-0.2, -0.15) is 0 Å². The molecule has 0 bridgehead atoms. The Kier molecular flexibility index (Phi) is 4.32. The number of benzene rings is 2. The molecule has 21 heavy (non-hydrogen) atoms. The van der Waals surface area contributed by atoms with E-state index in [0.29, 0.717) is 6.42 Å². The number of carbonyl (C=O) groups is 1. The molecular weight excluding hydrogens is 256 g/mol. The Hall–Kier alpha value is -1.89. The van der Waals surface area contributed by atoms with Gasteiger partial charge in [0.25, 0.3) is 0 Å². The topological polar surface area (TPSA) is 17.1 Å². The van der Waals surface area contributed by atoms with Gasteiger partial charge in [0.2, 0.25) is 0 Å². The number of carbonyl (C=O) groups excluding carboxylic acids is 1. The van der Waals surface area contributed by atoms with Crippen molar-refractivity contribution in [3.05, 3.63) is 68.8 Å². The maximum absolute atomic E-state index is 12.8. The van der Waals surface area contributed by atoms with Crippen molar-refractivity contribution in [1.29, 1.82) is 0 Å². The molecule has 2 aromatic carbocycles. The van der Waals surface area contributed by atoms with Crippen molar-refractivity contribution in [2.75, 3.05) is 0 Å². The SMILES string of the molecule is Cc1cc(C)c(CC(=O)c2c(C)cc(C)cc2C)c(C)c1. The molecule has 0 heterocycles. The fourth-order valence-electron chi connectivity index (χ4n) is 3.36. The van der Waals surface area contributed by atoms with Gasteiger partial charge in [0.1, 0.15) is 0 Å². The summed E-state index contributed by atoms with van der Waals surface area (Å²) in [6.07, 6.45) is 0.489. The van der Waals surface area contributed by atoms with Gasteiger partial charge in [-0.25, -0.2) is 0 Å². The Morgan fingerprint density at radius 2 is 1.10 bits per heavy atom. The van der Waals surface area contributed by atoms with Crippen LogP contribution in [0.15, 0.2) is 24.3 Å². The zero-order chi connectivity index (χ0) is 15.7. The van der Waals surface area contributed by atoms with Gasteiger partial charge < -0.3 is 0 Å². The minimum atomic E-state index is 0.222. The summed E-state index contributed by atoms with van der Waals surface area (Å²) in [6.45, 7) is 12.4. The number of hydrogen-bond acceptors (Lipinski definition) is 1. The van der Waals surface area contributed by atoms with E-state index in [1.54, 1.807) is 0 Å². The summed E-state index contributed by atoms with van der Waals surface area (Å²) in [4.78, 5) is 12.8. The average molecular weight is 280 g/mol. The molecule has 0 fully saturated rings. The molecule has 110 valence electrons. The minimum Gasteiger partial charge on any atom is -0.294 e. The van der Waals surface area contributed by atoms with Gasteiger partial charge in [-0.3, -0.25) is 4.79 Å². The van der Waals surface area contributed by atoms with E-state index in [1.807, 2.05) is 13.8 Å². The quantitative estimate of drug-likeness (QED) is 0.726. The van der Waals surface area contributed by atoms with Crippen LogP contribution in [-0.4, -0.2) is 5.78 Å². The van der Waals surface area contributed by atoms with Gasteiger partial charge in [0.15, 0.2) is 5.78 Å². The molecule has 1 nitrogen and oxygen atoms in total. The highest BCUT2D eigenvalue weighted by Gasteiger charge is 2.15. The highest BCUT2D eigenvalue weighted by molar-refractivity contribution is 6.00. The van der Waals surface area contributed by atoms with E-state index < -0.39 is 0 Å². The lowest BCUT2D eigenvalue weighted by atomic mass is 9.90. The van der Waals surface area contributed by atoms with E-state index in [1.165, 1.54) is 27.8 Å². The highest BCUT2D eigenvalue weighted by atomic mass is 16.1. The van der Waals surface area contributed by atoms with Crippen molar-refractivity contribution in [2.24, 2.45) is 0 Å². The number of hydrogen-bond donors (Lipinski definition) is 0. The largest absolute Gasteiger partial charge is 0.294 e. The maximum Gasteiger partial charge on any atom is 0.167 e. The molecule has 0 amide bonds. The predicted octanol–water partition coefficient (Wildman–Crippen LogP) is 4.96. The molecule has 2 rings (SSSR count). The van der Waals surface area contributed by atoms with Crippen molar-refractivity contribution in [1.82, 2.24) is 0 Å². The Balaban J connectivity index is 2.40. The van der Waals surface area contributed by atoms with E-state index >= 15 is 0 Å². The highest BCUT2D eigenvalue weighted by Crippen LogP contribution is 2.22. The summed E-state index contributed by atoms with van der Waals surface area (Å²) in [5.74, 6) is 0.222. The zero-order valence-corrected chi connectivity index (χ0v) is 13.9. The lowest BCUT2D eigenvalue weighted by molar-refractivity contribution is 0.0991. The summed E-state index contributed by atoms with van der Waals surface area (Å²) < 4.78 is 0.